The van der Waals surface area contributed by atoms with Crippen LogP contribution in [0.5, 0.6) is 0 Å². The van der Waals surface area contributed by atoms with Crippen molar-refractivity contribution in [1.82, 2.24) is 25.3 Å². The third-order valence-electron chi connectivity index (χ3n) is 7.91. The van der Waals surface area contributed by atoms with E-state index in [4.69, 9.17) is 11.6 Å². The van der Waals surface area contributed by atoms with E-state index < -0.39 is 6.04 Å². The Labute approximate surface area is 283 Å². The molecule has 0 saturated carbocycles. The van der Waals surface area contributed by atoms with E-state index in [2.05, 4.69) is 50.2 Å². The van der Waals surface area contributed by atoms with Crippen molar-refractivity contribution in [2.75, 3.05) is 33.2 Å². The Balaban J connectivity index is 0.000000674. The van der Waals surface area contributed by atoms with Crippen molar-refractivity contribution >= 4 is 35.7 Å². The molecule has 10 heteroatoms. The highest BCUT2D eigenvalue weighted by molar-refractivity contribution is 6.30. The van der Waals surface area contributed by atoms with Gasteiger partial charge in [0, 0.05) is 36.8 Å². The van der Waals surface area contributed by atoms with Crippen molar-refractivity contribution in [1.29, 1.82) is 0 Å². The first-order valence-corrected chi connectivity index (χ1v) is 17.3. The predicted octanol–water partition coefficient (Wildman–Crippen LogP) is 5.67. The molecule has 0 unspecified atom stereocenters. The lowest BCUT2D eigenvalue weighted by atomic mass is 9.99. The second-order valence-electron chi connectivity index (χ2n) is 13.5. The van der Waals surface area contributed by atoms with Crippen molar-refractivity contribution in [3.63, 3.8) is 0 Å². The molecule has 2 aliphatic rings. The topological polar surface area (TPSA) is 102 Å². The summed E-state index contributed by atoms with van der Waals surface area (Å²) in [5, 5.41) is 5.88. The summed E-state index contributed by atoms with van der Waals surface area (Å²) in [7, 11) is 1.65. The van der Waals surface area contributed by atoms with Gasteiger partial charge >= 0.3 is 0 Å². The first-order valence-electron chi connectivity index (χ1n) is 16.9. The molecular formula is C36H60ClN5O4. The van der Waals surface area contributed by atoms with Gasteiger partial charge in [0.15, 0.2) is 0 Å². The van der Waals surface area contributed by atoms with E-state index in [1.54, 1.807) is 37.1 Å². The fraction of sp³-hybridized carbons (Fsp3) is 0.667. The second-order valence-corrected chi connectivity index (χ2v) is 14.0. The summed E-state index contributed by atoms with van der Waals surface area (Å²) in [6, 6.07) is 7.18. The highest BCUT2D eigenvalue weighted by Gasteiger charge is 2.35. The van der Waals surface area contributed by atoms with E-state index in [1.807, 2.05) is 26.0 Å². The number of hydrogen-bond acceptors (Lipinski definition) is 5. The average molecular weight is 662 g/mol. The summed E-state index contributed by atoms with van der Waals surface area (Å²) in [6.45, 7) is 20.1. The highest BCUT2D eigenvalue weighted by atomic mass is 35.5. The Morgan fingerprint density at radius 2 is 1.63 bits per heavy atom. The summed E-state index contributed by atoms with van der Waals surface area (Å²) in [6.07, 6.45) is 7.87. The van der Waals surface area contributed by atoms with Crippen LogP contribution in [0, 0.1) is 11.8 Å². The molecule has 0 bridgehead atoms. The second kappa shape index (κ2) is 21.8. The summed E-state index contributed by atoms with van der Waals surface area (Å²) in [5.41, 5.74) is 1.37. The third kappa shape index (κ3) is 15.1. The maximum atomic E-state index is 13.2. The average Bonchev–Trinajstić information content (AvgIpc) is 3.51. The Hall–Kier alpha value is -2.91. The number of halogens is 1. The fourth-order valence-corrected chi connectivity index (χ4v) is 5.61. The summed E-state index contributed by atoms with van der Waals surface area (Å²) >= 11 is 6.00. The zero-order valence-corrected chi connectivity index (χ0v) is 30.5. The zero-order valence-electron chi connectivity index (χ0n) is 29.8. The molecule has 2 saturated heterocycles. The number of likely N-dealkylation sites (tertiary alicyclic amines) is 2. The summed E-state index contributed by atoms with van der Waals surface area (Å²) in [5.74, 6) is 0.222. The normalized spacial score (nSPS) is 17.5. The number of rotatable bonds is 11. The van der Waals surface area contributed by atoms with Crippen molar-refractivity contribution in [3.05, 3.63) is 46.5 Å². The minimum atomic E-state index is -0.534. The molecule has 1 aromatic rings. The van der Waals surface area contributed by atoms with Crippen molar-refractivity contribution < 1.29 is 19.2 Å². The minimum Gasteiger partial charge on any atom is -0.350 e. The molecule has 2 atom stereocenters. The molecule has 2 N–H and O–H groups in total. The predicted molar refractivity (Wildman–Crippen MR) is 188 cm³/mol. The number of amides is 4. The van der Waals surface area contributed by atoms with E-state index >= 15 is 0 Å². The first-order chi connectivity index (χ1) is 21.7. The quantitative estimate of drug-likeness (QED) is 0.235. The number of nitrogens with one attached hydrogen (secondary N) is 2. The number of likely N-dealkylation sites (N-methyl/N-ethyl adjacent to an activating group) is 1. The number of benzene rings is 1. The van der Waals surface area contributed by atoms with Crippen LogP contribution in [0.4, 0.5) is 0 Å². The van der Waals surface area contributed by atoms with Crippen LogP contribution in [0.25, 0.3) is 0 Å². The molecule has 3 rings (SSSR count). The number of nitrogens with zero attached hydrogens (tertiary/aromatic N) is 3. The van der Waals surface area contributed by atoms with Gasteiger partial charge in [-0.15, -0.1) is 0 Å². The van der Waals surface area contributed by atoms with E-state index in [1.165, 1.54) is 37.3 Å². The van der Waals surface area contributed by atoms with Crippen molar-refractivity contribution in [3.8, 4) is 0 Å². The minimum absolute atomic E-state index is 0.0494. The smallest absolute Gasteiger partial charge is 0.249 e. The standard InChI is InChI=1S/C24H33ClN4O4.C8H17N.C4H10/c1-16(2)21(28(4)22(31)14-26-15-30)11-17(3)24(33)29-10-6-9-20(29)23(32)27-13-18-7-5-8-19(25)12-18;1-8(2)9-6-4-3-5-7-9;1-4(2)3/h5,7-8,11-12,15-16,20-21H,6,9-10,13-14H2,1-4H3,(H,26,30)(H,27,32);8H,3-7H2,1-2H3;4H,1-3H3/b17-11+;;/t20-,21+;;/m0../s1. The van der Waals surface area contributed by atoms with Crippen LogP contribution in [0.15, 0.2) is 35.9 Å². The number of piperidine rings is 1. The summed E-state index contributed by atoms with van der Waals surface area (Å²) < 4.78 is 0. The number of carbonyl (C=O) groups is 4. The lowest BCUT2D eigenvalue weighted by Crippen LogP contribution is -2.47. The molecular weight excluding hydrogens is 602 g/mol. The van der Waals surface area contributed by atoms with Gasteiger partial charge in [0.1, 0.15) is 6.04 Å². The Kier molecular flexibility index (Phi) is 19.5. The molecule has 2 heterocycles. The number of carbonyl (C=O) groups excluding carboxylic acids is 4. The lowest BCUT2D eigenvalue weighted by Gasteiger charge is -2.30. The van der Waals surface area contributed by atoms with Gasteiger partial charge in [-0.1, -0.05) is 70.8 Å². The van der Waals surface area contributed by atoms with Crippen LogP contribution >= 0.6 is 11.6 Å². The monoisotopic (exact) mass is 661 g/mol. The molecule has 260 valence electrons. The maximum Gasteiger partial charge on any atom is 0.249 e. The molecule has 0 radical (unpaired) electrons. The molecule has 0 aliphatic carbocycles. The van der Waals surface area contributed by atoms with E-state index in [9.17, 15) is 19.2 Å². The first kappa shape index (κ1) is 41.1. The molecule has 0 aromatic heterocycles. The Morgan fingerprint density at radius 3 is 2.15 bits per heavy atom. The molecule has 2 fully saturated rings. The van der Waals surface area contributed by atoms with Gasteiger partial charge in [0.25, 0.3) is 0 Å². The van der Waals surface area contributed by atoms with Gasteiger partial charge in [-0.05, 0) is 89.1 Å². The molecule has 9 nitrogen and oxygen atoms in total. The van der Waals surface area contributed by atoms with Crippen LogP contribution in [0.1, 0.15) is 93.1 Å². The summed E-state index contributed by atoms with van der Waals surface area (Å²) in [4.78, 5) is 54.5. The molecule has 0 spiro atoms. The van der Waals surface area contributed by atoms with Crippen LogP contribution in [-0.4, -0.2) is 90.2 Å². The van der Waals surface area contributed by atoms with E-state index in [0.717, 1.165) is 23.9 Å². The molecule has 1 aromatic carbocycles. The Bertz CT molecular complexity index is 1110. The van der Waals surface area contributed by atoms with Gasteiger partial charge in [-0.2, -0.15) is 0 Å². The van der Waals surface area contributed by atoms with Crippen LogP contribution in [0.2, 0.25) is 5.02 Å². The zero-order chi connectivity index (χ0) is 34.8. The van der Waals surface area contributed by atoms with Gasteiger partial charge in [-0.25, -0.2) is 0 Å². The fourth-order valence-electron chi connectivity index (χ4n) is 5.40. The maximum absolute atomic E-state index is 13.2. The SMILES string of the molecule is C/C(=C\[C@H](C(C)C)N(C)C(=O)CNC=O)C(=O)N1CCC[C@H]1C(=O)NCc1cccc(Cl)c1.CC(C)C.CC(C)N1CCCCC1. The highest BCUT2D eigenvalue weighted by Crippen LogP contribution is 2.22. The molecule has 2 aliphatic heterocycles. The molecule has 46 heavy (non-hydrogen) atoms. The lowest BCUT2D eigenvalue weighted by molar-refractivity contribution is -0.135. The Morgan fingerprint density at radius 1 is 1.00 bits per heavy atom. The van der Waals surface area contributed by atoms with Gasteiger partial charge in [-0.3, -0.25) is 19.2 Å². The van der Waals surface area contributed by atoms with E-state index in [-0.39, 0.29) is 36.2 Å². The van der Waals surface area contributed by atoms with Gasteiger partial charge in [0.05, 0.1) is 12.6 Å². The van der Waals surface area contributed by atoms with Crippen LogP contribution in [0.3, 0.4) is 0 Å². The number of hydrogen-bond donors (Lipinski definition) is 2. The van der Waals surface area contributed by atoms with Crippen LogP contribution < -0.4 is 10.6 Å². The van der Waals surface area contributed by atoms with Crippen LogP contribution in [-0.2, 0) is 25.7 Å². The van der Waals surface area contributed by atoms with Gasteiger partial charge < -0.3 is 25.3 Å². The van der Waals surface area contributed by atoms with Crippen molar-refractivity contribution in [2.45, 2.75) is 112 Å². The third-order valence-corrected chi connectivity index (χ3v) is 8.15. The largest absolute Gasteiger partial charge is 0.350 e. The van der Waals surface area contributed by atoms with E-state index in [0.29, 0.717) is 36.5 Å². The molecule has 4 amide bonds. The van der Waals surface area contributed by atoms with Gasteiger partial charge in [0.2, 0.25) is 24.1 Å². The van der Waals surface area contributed by atoms with Crippen molar-refractivity contribution in [2.24, 2.45) is 11.8 Å².